The molecule has 0 aliphatic carbocycles. The molecule has 0 aliphatic rings. The smallest absolute Gasteiger partial charge is 0.123 e. The van der Waals surface area contributed by atoms with Gasteiger partial charge in [-0.15, -0.1) is 0 Å². The van der Waals surface area contributed by atoms with Crippen molar-refractivity contribution in [2.75, 3.05) is 20.2 Å². The van der Waals surface area contributed by atoms with E-state index in [-0.39, 0.29) is 28.3 Å². The SMILES string of the molecule is CN(CCO)Cc1cc(C(C)(C)CC(C)(C)C)c(O)c(C(C)(C)CC(C)(C)C)c1. The quantitative estimate of drug-likeness (QED) is 0.538. The third-order valence-electron chi connectivity index (χ3n) is 5.51. The van der Waals surface area contributed by atoms with Crippen LogP contribution in [0.2, 0.25) is 0 Å². The Labute approximate surface area is 180 Å². The number of hydrogen-bond acceptors (Lipinski definition) is 3. The maximum atomic E-state index is 11.5. The van der Waals surface area contributed by atoms with Crippen molar-refractivity contribution in [3.63, 3.8) is 0 Å². The fraction of sp³-hybridized carbons (Fsp3) is 0.769. The first-order chi connectivity index (χ1) is 12.9. The number of phenolic OH excluding ortho intramolecular Hbond substituents is 1. The van der Waals surface area contributed by atoms with Crippen LogP contribution in [0, 0.1) is 10.8 Å². The summed E-state index contributed by atoms with van der Waals surface area (Å²) in [5.74, 6) is 0.460. The van der Waals surface area contributed by atoms with Crippen LogP contribution >= 0.6 is 0 Å². The van der Waals surface area contributed by atoms with Gasteiger partial charge in [-0.25, -0.2) is 0 Å². The van der Waals surface area contributed by atoms with E-state index in [2.05, 4.69) is 86.3 Å². The monoisotopic (exact) mass is 405 g/mol. The van der Waals surface area contributed by atoms with Gasteiger partial charge in [-0.05, 0) is 47.1 Å². The Morgan fingerprint density at radius 2 is 1.14 bits per heavy atom. The Morgan fingerprint density at radius 1 is 0.759 bits per heavy atom. The molecule has 0 unspecified atom stereocenters. The number of rotatable bonds is 8. The average molecular weight is 406 g/mol. The second-order valence-electron chi connectivity index (χ2n) is 12.7. The molecule has 2 N–H and O–H groups in total. The molecule has 0 atom stereocenters. The van der Waals surface area contributed by atoms with Gasteiger partial charge in [0.1, 0.15) is 5.75 Å². The van der Waals surface area contributed by atoms with Crippen molar-refractivity contribution >= 4 is 0 Å². The highest BCUT2D eigenvalue weighted by Gasteiger charge is 2.35. The molecule has 0 heterocycles. The Balaban J connectivity index is 3.59. The Kier molecular flexibility index (Phi) is 8.04. The molecule has 0 saturated heterocycles. The number of aliphatic hydroxyl groups excluding tert-OH is 1. The zero-order valence-corrected chi connectivity index (χ0v) is 21.0. The van der Waals surface area contributed by atoms with Crippen LogP contribution in [0.1, 0.15) is 98.8 Å². The van der Waals surface area contributed by atoms with Gasteiger partial charge < -0.3 is 10.2 Å². The van der Waals surface area contributed by atoms with Crippen LogP contribution < -0.4 is 0 Å². The van der Waals surface area contributed by atoms with Crippen molar-refractivity contribution in [3.05, 3.63) is 28.8 Å². The Hall–Kier alpha value is -1.06. The predicted octanol–water partition coefficient (Wildman–Crippen LogP) is 6.24. The van der Waals surface area contributed by atoms with Gasteiger partial charge in [0.25, 0.3) is 0 Å². The highest BCUT2D eigenvalue weighted by atomic mass is 16.3. The maximum Gasteiger partial charge on any atom is 0.123 e. The lowest BCUT2D eigenvalue weighted by Gasteiger charge is -2.38. The van der Waals surface area contributed by atoms with Crippen LogP contribution in [-0.4, -0.2) is 35.3 Å². The molecule has 0 bridgehead atoms. The van der Waals surface area contributed by atoms with Crippen LogP contribution in [0.5, 0.6) is 5.75 Å². The van der Waals surface area contributed by atoms with Gasteiger partial charge in [-0.2, -0.15) is 0 Å². The minimum absolute atomic E-state index is 0.138. The fourth-order valence-corrected chi connectivity index (χ4v) is 5.22. The molecule has 3 nitrogen and oxygen atoms in total. The number of nitrogens with zero attached hydrogens (tertiary/aromatic N) is 1. The van der Waals surface area contributed by atoms with E-state index < -0.39 is 0 Å². The van der Waals surface area contributed by atoms with Crippen LogP contribution in [0.3, 0.4) is 0 Å². The first kappa shape index (κ1) is 26.0. The summed E-state index contributed by atoms with van der Waals surface area (Å²) in [4.78, 5) is 2.13. The zero-order chi connectivity index (χ0) is 22.8. The standard InChI is InChI=1S/C26H47NO2/c1-23(2,3)17-25(7,8)20-14-19(16-27(11)12-13-28)15-21(22(20)29)26(9,10)18-24(4,5)6/h14-15,28-29H,12-13,16-18H2,1-11H3. The molecule has 29 heavy (non-hydrogen) atoms. The highest BCUT2D eigenvalue weighted by Crippen LogP contribution is 2.47. The lowest BCUT2D eigenvalue weighted by molar-refractivity contribution is 0.216. The molecular weight excluding hydrogens is 358 g/mol. The van der Waals surface area contributed by atoms with Crippen LogP contribution in [0.15, 0.2) is 12.1 Å². The first-order valence-corrected chi connectivity index (χ1v) is 11.0. The van der Waals surface area contributed by atoms with E-state index in [9.17, 15) is 10.2 Å². The van der Waals surface area contributed by atoms with Gasteiger partial charge in [0.15, 0.2) is 0 Å². The van der Waals surface area contributed by atoms with E-state index in [0.29, 0.717) is 12.3 Å². The summed E-state index contributed by atoms with van der Waals surface area (Å²) in [6, 6.07) is 4.37. The maximum absolute atomic E-state index is 11.5. The number of phenols is 1. The largest absolute Gasteiger partial charge is 0.507 e. The van der Waals surface area contributed by atoms with Gasteiger partial charge in [0.2, 0.25) is 0 Å². The molecule has 0 fully saturated rings. The number of likely N-dealkylation sites (N-methyl/N-ethyl adjacent to an activating group) is 1. The van der Waals surface area contributed by atoms with Gasteiger partial charge >= 0.3 is 0 Å². The molecule has 0 aliphatic heterocycles. The Morgan fingerprint density at radius 3 is 1.45 bits per heavy atom. The lowest BCUT2D eigenvalue weighted by Crippen LogP contribution is -2.29. The number of benzene rings is 1. The van der Waals surface area contributed by atoms with Crippen molar-refractivity contribution in [3.8, 4) is 5.75 Å². The van der Waals surface area contributed by atoms with Gasteiger partial charge in [-0.1, -0.05) is 81.4 Å². The normalized spacial score (nSPS) is 14.0. The summed E-state index contributed by atoms with van der Waals surface area (Å²) in [7, 11) is 2.03. The molecule has 0 radical (unpaired) electrons. The summed E-state index contributed by atoms with van der Waals surface area (Å²) in [6.07, 6.45) is 1.98. The third-order valence-corrected chi connectivity index (χ3v) is 5.51. The minimum atomic E-state index is -0.138. The molecular formula is C26H47NO2. The average Bonchev–Trinajstić information content (AvgIpc) is 2.43. The lowest BCUT2D eigenvalue weighted by atomic mass is 9.68. The Bertz CT molecular complexity index is 626. The van der Waals surface area contributed by atoms with Gasteiger partial charge in [0.05, 0.1) is 6.61 Å². The van der Waals surface area contributed by atoms with Crippen LogP contribution in [0.4, 0.5) is 0 Å². The molecule has 1 aromatic carbocycles. The summed E-state index contributed by atoms with van der Waals surface area (Å²) < 4.78 is 0. The van der Waals surface area contributed by atoms with E-state index in [1.165, 1.54) is 5.56 Å². The number of aliphatic hydroxyl groups is 1. The summed E-state index contributed by atoms with van der Waals surface area (Å²) in [6.45, 7) is 24.1. The van der Waals surface area contributed by atoms with Crippen molar-refractivity contribution in [1.82, 2.24) is 4.90 Å². The van der Waals surface area contributed by atoms with E-state index >= 15 is 0 Å². The molecule has 1 rings (SSSR count). The van der Waals surface area contributed by atoms with E-state index in [1.54, 1.807) is 0 Å². The first-order valence-electron chi connectivity index (χ1n) is 11.0. The second kappa shape index (κ2) is 8.98. The molecule has 0 amide bonds. The number of aromatic hydroxyl groups is 1. The predicted molar refractivity (Wildman–Crippen MR) is 126 cm³/mol. The topological polar surface area (TPSA) is 43.7 Å². The van der Waals surface area contributed by atoms with Crippen LogP contribution in [-0.2, 0) is 17.4 Å². The van der Waals surface area contributed by atoms with E-state index in [1.807, 2.05) is 7.05 Å². The van der Waals surface area contributed by atoms with Crippen molar-refractivity contribution in [2.24, 2.45) is 10.8 Å². The van der Waals surface area contributed by atoms with Gasteiger partial charge in [0, 0.05) is 24.2 Å². The zero-order valence-electron chi connectivity index (χ0n) is 21.0. The van der Waals surface area contributed by atoms with Crippen molar-refractivity contribution < 1.29 is 10.2 Å². The second-order valence-corrected chi connectivity index (χ2v) is 12.7. The molecule has 0 spiro atoms. The van der Waals surface area contributed by atoms with Crippen LogP contribution in [0.25, 0.3) is 0 Å². The molecule has 3 heteroatoms. The molecule has 0 aromatic heterocycles. The minimum Gasteiger partial charge on any atom is -0.507 e. The van der Waals surface area contributed by atoms with E-state index in [0.717, 1.165) is 30.5 Å². The summed E-state index contributed by atoms with van der Waals surface area (Å²) in [5.41, 5.74) is 3.34. The molecule has 1 aromatic rings. The highest BCUT2D eigenvalue weighted by molar-refractivity contribution is 5.50. The summed E-state index contributed by atoms with van der Waals surface area (Å²) in [5, 5.41) is 20.8. The molecule has 0 saturated carbocycles. The fourth-order valence-electron chi connectivity index (χ4n) is 5.22. The van der Waals surface area contributed by atoms with Crippen molar-refractivity contribution in [1.29, 1.82) is 0 Å². The summed E-state index contributed by atoms with van der Waals surface area (Å²) >= 11 is 0. The van der Waals surface area contributed by atoms with Gasteiger partial charge in [-0.3, -0.25) is 4.90 Å². The third kappa shape index (κ3) is 7.94. The van der Waals surface area contributed by atoms with Crippen molar-refractivity contribution in [2.45, 2.75) is 99.5 Å². The number of hydrogen-bond donors (Lipinski definition) is 2. The van der Waals surface area contributed by atoms with E-state index in [4.69, 9.17) is 0 Å². The molecule has 168 valence electrons.